The molecule has 13 heteroatoms. The Morgan fingerprint density at radius 3 is 0.596 bits per heavy atom. The number of likely N-dealkylation sites (N-methyl/N-ethyl adjacent to an activating group) is 2. The molecule has 0 spiro atoms. The van der Waals surface area contributed by atoms with Crippen molar-refractivity contribution in [1.29, 1.82) is 0 Å². The van der Waals surface area contributed by atoms with Crippen LogP contribution in [0.25, 0.3) is 0 Å². The number of hydrogen-bond donors (Lipinski definition) is 5. The van der Waals surface area contributed by atoms with Crippen LogP contribution in [0, 0.1) is 32.6 Å². The maximum atomic E-state index is 10.2. The van der Waals surface area contributed by atoms with Gasteiger partial charge >= 0.3 is 17.8 Å². The molecule has 0 atom stereocenters. The molecule has 0 aromatic heterocycles. The molecule has 0 bridgehead atoms. The van der Waals surface area contributed by atoms with Crippen LogP contribution in [0.5, 0.6) is 0 Å². The lowest BCUT2D eigenvalue weighted by Gasteiger charge is -1.93. The van der Waals surface area contributed by atoms with Crippen LogP contribution >= 0.6 is 0 Å². The quantitative estimate of drug-likeness (QED) is 0.0706. The van der Waals surface area contributed by atoms with Crippen LogP contribution in [0.4, 0.5) is 4.79 Å². The van der Waals surface area contributed by atoms with Crippen molar-refractivity contribution in [3.05, 3.63) is 167 Å². The highest BCUT2D eigenvalue weighted by atomic mass is 32.2. The Morgan fingerprint density at radius 2 is 0.564 bits per heavy atom. The third-order valence-corrected chi connectivity index (χ3v) is 7.82. The standard InChI is InChI=1S/3C7H8.2C5H10.C4H8N2O2.C4H9N.3C4H8.C4H6.C3H8N2O.C3H7N.C2H7NO2S.9C2H6/c3*1-7-5-3-2-4-6-7;2*1-4-5(2)3;1-5-3(7)4(8)6-2;1-4(2)5-3;1-4(2)3;3*1-3-4-2;1-4-3(6)5-2;1-3-4-2;1-3-6(2,4)5;9*1-2/h3*2-6H,1H3;2*4H,1-3H3;1-2H3,(H,5,7)(H,6,8);1-3H3;1H2,2-3H3;2*3-4H,1-2H3;1-2H3;1-2H3,(H2,4,5,6);3H,1-2H3;3H,1-2H3;9*1-2H3/b;;;;;;;;4-3+;4-3-;;;;;;;;;;;;;. The molecule has 5 N–H and O–H groups in total. The van der Waals surface area contributed by atoms with Crippen molar-refractivity contribution in [2.24, 2.45) is 9.98 Å². The SMILES string of the molecule is C/C=C/C.C/C=C\C.C=C(C)C.CC.CC.CC.CC.CC.CC.CC.CC.CC.CC#CC.CC=C(C)C.CC=C(C)C.CC=NC.CN=C(C)C.CNC(=O)C(=O)NC.CNC(=O)NC.CNS(C)(=O)=O.Cc1ccccc1.Cc1ccccc1.Cc1ccccc1. The largest absolute Gasteiger partial charge is 0.351 e. The van der Waals surface area contributed by atoms with Gasteiger partial charge in [0.2, 0.25) is 10.0 Å². The number of urea groups is 1. The minimum atomic E-state index is -2.91. The summed E-state index contributed by atoms with van der Waals surface area (Å²) >= 11 is 0. The number of sulfonamides is 1. The Labute approximate surface area is 593 Å². The molecular weight excluding hydrogens is 1180 g/mol. The van der Waals surface area contributed by atoms with Crippen LogP contribution in [-0.2, 0) is 19.6 Å². The summed E-state index contributed by atoms with van der Waals surface area (Å²) in [5, 5.41) is 9.06. The highest BCUT2D eigenvalue weighted by Crippen LogP contribution is 1.94. The van der Waals surface area contributed by atoms with Gasteiger partial charge in [-0.15, -0.1) is 18.4 Å². The molecule has 0 unspecified atom stereocenters. The predicted molar refractivity (Wildman–Crippen MR) is 447 cm³/mol. The van der Waals surface area contributed by atoms with Gasteiger partial charge in [0, 0.05) is 48.0 Å². The zero-order chi connectivity index (χ0) is 80.2. The first-order valence-corrected chi connectivity index (χ1v) is 35.7. The van der Waals surface area contributed by atoms with Gasteiger partial charge in [0.15, 0.2) is 0 Å². The Hall–Kier alpha value is -6.62. The topological polar surface area (TPSA) is 170 Å². The number of aryl methyl sites for hydroxylation is 3. The van der Waals surface area contributed by atoms with Gasteiger partial charge in [0.1, 0.15) is 0 Å². The molecule has 3 aromatic rings. The van der Waals surface area contributed by atoms with Gasteiger partial charge in [-0.05, 0) is 152 Å². The summed E-state index contributed by atoms with van der Waals surface area (Å²) in [4.78, 5) is 37.8. The predicted octanol–water partition coefficient (Wildman–Crippen LogP) is 23.9. The van der Waals surface area contributed by atoms with E-state index in [2.05, 4.69) is 151 Å². The Kier molecular flexibility index (Phi) is 264. The monoisotopic (exact) mass is 1350 g/mol. The molecule has 3 rings (SSSR count). The number of amides is 4. The Balaban J connectivity index is -0.0000000344. The first-order valence-electron chi connectivity index (χ1n) is 33.8. The Bertz CT molecular complexity index is 1830. The lowest BCUT2D eigenvalue weighted by molar-refractivity contribution is -0.138. The molecule has 0 saturated heterocycles. The average molecular weight is 1350 g/mol. The number of aliphatic imine (C=N–C) groups is 2. The van der Waals surface area contributed by atoms with E-state index < -0.39 is 21.8 Å². The van der Waals surface area contributed by atoms with Gasteiger partial charge in [-0.1, -0.05) is 285 Å². The summed E-state index contributed by atoms with van der Waals surface area (Å²) in [5.74, 6) is 4.12. The summed E-state index contributed by atoms with van der Waals surface area (Å²) in [6, 6.07) is 30.6. The summed E-state index contributed by atoms with van der Waals surface area (Å²) in [5.41, 5.74) is 9.02. The second-order valence-corrected chi connectivity index (χ2v) is 17.3. The fourth-order valence-corrected chi connectivity index (χ4v) is 1.96. The van der Waals surface area contributed by atoms with Crippen molar-refractivity contribution in [3.63, 3.8) is 0 Å². The third-order valence-electron chi connectivity index (χ3n) is 7.08. The fraction of sp³-hybridized carbons (Fsp3) is 0.568. The van der Waals surface area contributed by atoms with Crippen LogP contribution in [0.1, 0.15) is 259 Å². The third kappa shape index (κ3) is 338. The molecule has 3 aromatic carbocycles. The minimum Gasteiger partial charge on any atom is -0.351 e. The summed E-state index contributed by atoms with van der Waals surface area (Å²) in [7, 11) is 7.93. The first kappa shape index (κ1) is 144. The number of carbonyl (C=O) groups excluding carboxylic acids is 3. The molecule has 0 aliphatic carbocycles. The van der Waals surface area contributed by atoms with E-state index in [1.165, 1.54) is 54.6 Å². The number of benzene rings is 3. The van der Waals surface area contributed by atoms with Gasteiger partial charge in [0.25, 0.3) is 0 Å². The van der Waals surface area contributed by atoms with Crippen molar-refractivity contribution in [2.75, 3.05) is 55.6 Å². The van der Waals surface area contributed by atoms with Gasteiger partial charge < -0.3 is 26.3 Å². The van der Waals surface area contributed by atoms with Crippen LogP contribution in [0.2, 0.25) is 0 Å². The van der Waals surface area contributed by atoms with Crippen LogP contribution < -0.4 is 26.0 Å². The van der Waals surface area contributed by atoms with Gasteiger partial charge in [-0.25, -0.2) is 17.9 Å². The van der Waals surface area contributed by atoms with E-state index in [-0.39, 0.29) is 6.03 Å². The van der Waals surface area contributed by atoms with Crippen LogP contribution in [0.15, 0.2) is 161 Å². The molecule has 0 aliphatic heterocycles. The van der Waals surface area contributed by atoms with E-state index in [0.29, 0.717) is 0 Å². The summed E-state index contributed by atoms with van der Waals surface area (Å²) < 4.78 is 21.9. The van der Waals surface area contributed by atoms with Gasteiger partial charge in [0.05, 0.1) is 6.26 Å². The number of allylic oxidation sites excluding steroid dienone is 9. The van der Waals surface area contributed by atoms with Gasteiger partial charge in [-0.2, -0.15) is 0 Å². The molecule has 0 aliphatic rings. The molecule has 12 nitrogen and oxygen atoms in total. The summed E-state index contributed by atoms with van der Waals surface area (Å²) in [6.07, 6.45) is 15.0. The fourth-order valence-electron chi connectivity index (χ4n) is 1.96. The van der Waals surface area contributed by atoms with E-state index in [9.17, 15) is 22.8 Å². The molecule has 4 amide bonds. The molecule has 0 radical (unpaired) electrons. The normalized spacial score (nSPS) is 7.13. The van der Waals surface area contributed by atoms with E-state index >= 15 is 0 Å². The smallest absolute Gasteiger partial charge is 0.314 e. The first-order chi connectivity index (χ1) is 44.5. The minimum absolute atomic E-state index is 0.157. The molecule has 562 valence electrons. The van der Waals surface area contributed by atoms with Crippen molar-refractivity contribution in [1.82, 2.24) is 26.0 Å². The van der Waals surface area contributed by atoms with Crippen LogP contribution in [-0.4, -0.2) is 93.8 Å². The second kappa shape index (κ2) is 173. The van der Waals surface area contributed by atoms with E-state index in [1.54, 1.807) is 34.4 Å². The molecule has 0 heterocycles. The van der Waals surface area contributed by atoms with E-state index in [4.69, 9.17) is 0 Å². The van der Waals surface area contributed by atoms with Crippen molar-refractivity contribution < 1.29 is 22.8 Å². The Morgan fingerprint density at radius 1 is 0.415 bits per heavy atom. The van der Waals surface area contributed by atoms with Crippen LogP contribution in [0.3, 0.4) is 0 Å². The second-order valence-electron chi connectivity index (χ2n) is 15.4. The zero-order valence-corrected chi connectivity index (χ0v) is 72.1. The van der Waals surface area contributed by atoms with Crippen molar-refractivity contribution >= 4 is 39.8 Å². The number of carbonyl (C=O) groups is 3. The maximum absolute atomic E-state index is 10.2. The van der Waals surface area contributed by atoms with E-state index in [0.717, 1.165) is 12.0 Å². The van der Waals surface area contributed by atoms with Gasteiger partial charge in [-0.3, -0.25) is 14.6 Å². The number of nitrogens with one attached hydrogen (secondary N) is 5. The summed E-state index contributed by atoms with van der Waals surface area (Å²) in [6.45, 7) is 79.6. The average Bonchev–Trinajstić information content (AvgIpc) is 3.84. The molecular formula is C81H167N7O5S. The number of nitrogens with zero attached hydrogens (tertiary/aromatic N) is 2. The lowest BCUT2D eigenvalue weighted by Crippen LogP contribution is -2.35. The highest BCUT2D eigenvalue weighted by Gasteiger charge is 2.05. The highest BCUT2D eigenvalue weighted by molar-refractivity contribution is 7.88. The van der Waals surface area contributed by atoms with E-state index in [1.807, 2.05) is 294 Å². The maximum Gasteiger partial charge on any atom is 0.314 e. The zero-order valence-electron chi connectivity index (χ0n) is 71.3. The number of hydrogen-bond acceptors (Lipinski definition) is 7. The van der Waals surface area contributed by atoms with Crippen molar-refractivity contribution in [2.45, 2.75) is 263 Å². The van der Waals surface area contributed by atoms with Crippen molar-refractivity contribution in [3.8, 4) is 11.8 Å². The molecule has 0 saturated carbocycles. The lowest BCUT2D eigenvalue weighted by atomic mass is 10.2. The number of rotatable bonds is 1. The molecule has 94 heavy (non-hydrogen) atoms. The molecule has 0 fully saturated rings.